The van der Waals surface area contributed by atoms with E-state index in [4.69, 9.17) is 11.6 Å². The highest BCUT2D eigenvalue weighted by Gasteiger charge is 2.32. The van der Waals surface area contributed by atoms with Gasteiger partial charge in [0.2, 0.25) is 5.95 Å². The minimum Gasteiger partial charge on any atom is -0.290 e. The molecule has 0 bridgehead atoms. The summed E-state index contributed by atoms with van der Waals surface area (Å²) in [6, 6.07) is 13.6. The molecule has 2 N–H and O–H groups in total. The normalized spacial score (nSPS) is 11.4. The lowest BCUT2D eigenvalue weighted by atomic mass is 10.1. The summed E-state index contributed by atoms with van der Waals surface area (Å²) in [7, 11) is 0. The Morgan fingerprint density at radius 1 is 1.21 bits per heavy atom. The van der Waals surface area contributed by atoms with Crippen LogP contribution in [-0.4, -0.2) is 16.2 Å². The Kier molecular flexibility index (Phi) is 5.66. The molecule has 0 aliphatic heterocycles. The van der Waals surface area contributed by atoms with Gasteiger partial charge in [-0.3, -0.25) is 9.78 Å². The third kappa shape index (κ3) is 4.62. The molecule has 29 heavy (non-hydrogen) atoms. The van der Waals surface area contributed by atoms with Crippen molar-refractivity contribution in [3.8, 4) is 17.3 Å². The van der Waals surface area contributed by atoms with Crippen molar-refractivity contribution in [1.82, 2.24) is 9.97 Å². The molecule has 10 heteroatoms. The number of benzene rings is 2. The number of nitrogens with zero attached hydrogens (tertiary/aromatic N) is 3. The van der Waals surface area contributed by atoms with Crippen LogP contribution in [0.2, 0.25) is 5.02 Å². The fourth-order valence-corrected chi connectivity index (χ4v) is 2.74. The summed E-state index contributed by atoms with van der Waals surface area (Å²) < 4.78 is 38.2. The standard InChI is InChI=1S/C19H11ClF3N5O/c20-15-8-11(6-7-14(15)19(21,22)23)10-25-28-18-26-16(12-4-2-1-3-5-12)13(9-24)17(29)27-18/h1-8,10H,(H2,26,27,28,29). The zero-order chi connectivity index (χ0) is 21.0. The maximum atomic E-state index is 12.7. The first kappa shape index (κ1) is 20.1. The van der Waals surface area contributed by atoms with Crippen LogP contribution < -0.4 is 11.0 Å². The summed E-state index contributed by atoms with van der Waals surface area (Å²) in [4.78, 5) is 18.7. The van der Waals surface area contributed by atoms with Gasteiger partial charge in [0.1, 0.15) is 11.6 Å². The van der Waals surface area contributed by atoms with Crippen molar-refractivity contribution in [2.45, 2.75) is 6.18 Å². The molecule has 0 saturated carbocycles. The van der Waals surface area contributed by atoms with E-state index < -0.39 is 22.3 Å². The molecule has 0 atom stereocenters. The first-order valence-electron chi connectivity index (χ1n) is 8.05. The van der Waals surface area contributed by atoms with Gasteiger partial charge in [0.15, 0.2) is 0 Å². The predicted molar refractivity (Wildman–Crippen MR) is 103 cm³/mol. The van der Waals surface area contributed by atoms with Gasteiger partial charge in [-0.25, -0.2) is 10.4 Å². The molecule has 1 aromatic heterocycles. The molecule has 2 aromatic carbocycles. The lowest BCUT2D eigenvalue weighted by Crippen LogP contribution is -2.16. The van der Waals surface area contributed by atoms with Crippen LogP contribution in [-0.2, 0) is 6.18 Å². The molecular formula is C19H11ClF3N5O. The van der Waals surface area contributed by atoms with Gasteiger partial charge in [-0.1, -0.05) is 48.0 Å². The Bertz CT molecular complexity index is 1170. The van der Waals surface area contributed by atoms with E-state index in [-0.39, 0.29) is 17.2 Å². The predicted octanol–water partition coefficient (Wildman–Crippen LogP) is 4.43. The van der Waals surface area contributed by atoms with Crippen LogP contribution in [0.15, 0.2) is 58.4 Å². The van der Waals surface area contributed by atoms with Gasteiger partial charge in [-0.2, -0.15) is 23.5 Å². The molecule has 3 rings (SSSR count). The molecule has 0 spiro atoms. The molecule has 3 aromatic rings. The van der Waals surface area contributed by atoms with Crippen molar-refractivity contribution in [3.63, 3.8) is 0 Å². The fraction of sp³-hybridized carbons (Fsp3) is 0.0526. The maximum Gasteiger partial charge on any atom is 0.417 e. The topological polar surface area (TPSA) is 93.9 Å². The number of aromatic nitrogens is 2. The van der Waals surface area contributed by atoms with Gasteiger partial charge in [0.25, 0.3) is 5.56 Å². The average molecular weight is 418 g/mol. The average Bonchev–Trinajstić information content (AvgIpc) is 2.67. The fourth-order valence-electron chi connectivity index (χ4n) is 2.44. The lowest BCUT2D eigenvalue weighted by molar-refractivity contribution is -0.137. The van der Waals surface area contributed by atoms with Crippen LogP contribution in [0, 0.1) is 11.3 Å². The number of H-pyrrole nitrogens is 1. The van der Waals surface area contributed by atoms with Crippen LogP contribution in [0.4, 0.5) is 19.1 Å². The Balaban J connectivity index is 1.86. The number of nitriles is 1. The van der Waals surface area contributed by atoms with E-state index in [9.17, 15) is 23.2 Å². The quantitative estimate of drug-likeness (QED) is 0.485. The molecule has 0 aliphatic carbocycles. The molecule has 146 valence electrons. The second-order valence-electron chi connectivity index (χ2n) is 5.72. The Morgan fingerprint density at radius 3 is 2.55 bits per heavy atom. The monoisotopic (exact) mass is 417 g/mol. The SMILES string of the molecule is N#Cc1c(-c2ccccc2)nc(NN=Cc2ccc(C(F)(F)F)c(Cl)c2)[nH]c1=O. The van der Waals surface area contributed by atoms with Crippen LogP contribution in [0.5, 0.6) is 0 Å². The summed E-state index contributed by atoms with van der Waals surface area (Å²) >= 11 is 5.66. The van der Waals surface area contributed by atoms with Gasteiger partial charge in [-0.05, 0) is 17.7 Å². The zero-order valence-electron chi connectivity index (χ0n) is 14.5. The molecule has 1 heterocycles. The number of alkyl halides is 3. The van der Waals surface area contributed by atoms with Crippen LogP contribution in [0.1, 0.15) is 16.7 Å². The lowest BCUT2D eigenvalue weighted by Gasteiger charge is -2.09. The minimum atomic E-state index is -4.55. The van der Waals surface area contributed by atoms with Crippen molar-refractivity contribution in [2.24, 2.45) is 5.10 Å². The van der Waals surface area contributed by atoms with Gasteiger partial charge < -0.3 is 0 Å². The first-order chi connectivity index (χ1) is 13.8. The molecule has 0 fully saturated rings. The highest BCUT2D eigenvalue weighted by Crippen LogP contribution is 2.34. The number of hydrogen-bond acceptors (Lipinski definition) is 5. The molecule has 0 amide bonds. The number of anilines is 1. The molecular weight excluding hydrogens is 407 g/mol. The van der Waals surface area contributed by atoms with Gasteiger partial charge >= 0.3 is 6.18 Å². The summed E-state index contributed by atoms with van der Waals surface area (Å²) in [5.74, 6) is -0.0397. The van der Waals surface area contributed by atoms with Crippen molar-refractivity contribution < 1.29 is 13.2 Å². The highest BCUT2D eigenvalue weighted by atomic mass is 35.5. The van der Waals surface area contributed by atoms with Crippen molar-refractivity contribution in [1.29, 1.82) is 5.26 Å². The largest absolute Gasteiger partial charge is 0.417 e. The van der Waals surface area contributed by atoms with Gasteiger partial charge in [0, 0.05) is 5.56 Å². The summed E-state index contributed by atoms with van der Waals surface area (Å²) in [6.07, 6.45) is -3.34. The summed E-state index contributed by atoms with van der Waals surface area (Å²) in [5.41, 5.74) is 1.77. The van der Waals surface area contributed by atoms with E-state index in [1.165, 1.54) is 12.3 Å². The molecule has 0 radical (unpaired) electrons. The van der Waals surface area contributed by atoms with Crippen LogP contribution in [0.3, 0.4) is 0 Å². The van der Waals surface area contributed by atoms with E-state index in [2.05, 4.69) is 20.5 Å². The molecule has 0 aliphatic rings. The van der Waals surface area contributed by atoms with E-state index in [0.29, 0.717) is 11.1 Å². The second-order valence-corrected chi connectivity index (χ2v) is 6.13. The minimum absolute atomic E-state index is 0.0397. The molecule has 0 unspecified atom stereocenters. The van der Waals surface area contributed by atoms with Gasteiger partial charge in [0.05, 0.1) is 22.5 Å². The third-order valence-corrected chi connectivity index (χ3v) is 4.07. The van der Waals surface area contributed by atoms with E-state index >= 15 is 0 Å². The molecule has 0 saturated heterocycles. The smallest absolute Gasteiger partial charge is 0.290 e. The van der Waals surface area contributed by atoms with E-state index in [1.54, 1.807) is 30.3 Å². The van der Waals surface area contributed by atoms with E-state index in [1.807, 2.05) is 6.07 Å². The zero-order valence-corrected chi connectivity index (χ0v) is 15.2. The van der Waals surface area contributed by atoms with Crippen molar-refractivity contribution >= 4 is 23.8 Å². The Morgan fingerprint density at radius 2 is 1.93 bits per heavy atom. The van der Waals surface area contributed by atoms with Crippen LogP contribution >= 0.6 is 11.6 Å². The Labute approximate surface area is 167 Å². The van der Waals surface area contributed by atoms with Crippen molar-refractivity contribution in [2.75, 3.05) is 5.43 Å². The molecule has 6 nitrogen and oxygen atoms in total. The second kappa shape index (κ2) is 8.16. The number of aromatic amines is 1. The van der Waals surface area contributed by atoms with Gasteiger partial charge in [-0.15, -0.1) is 0 Å². The number of halogens is 4. The Hall–Kier alpha value is -3.64. The third-order valence-electron chi connectivity index (χ3n) is 3.76. The number of nitrogens with one attached hydrogen (secondary N) is 2. The maximum absolute atomic E-state index is 12.7. The number of hydrazone groups is 1. The number of hydrogen-bond donors (Lipinski definition) is 2. The van der Waals surface area contributed by atoms with Crippen LogP contribution in [0.25, 0.3) is 11.3 Å². The first-order valence-corrected chi connectivity index (χ1v) is 8.43. The summed E-state index contributed by atoms with van der Waals surface area (Å²) in [6.45, 7) is 0. The highest BCUT2D eigenvalue weighted by molar-refractivity contribution is 6.31. The van der Waals surface area contributed by atoms with Crippen molar-refractivity contribution in [3.05, 3.63) is 80.6 Å². The number of rotatable bonds is 4. The van der Waals surface area contributed by atoms with E-state index in [0.717, 1.165) is 12.1 Å². The summed E-state index contributed by atoms with van der Waals surface area (Å²) in [5, 5.41) is 12.6.